The highest BCUT2D eigenvalue weighted by Gasteiger charge is 2.07. The lowest BCUT2D eigenvalue weighted by Gasteiger charge is -2.05. The van der Waals surface area contributed by atoms with Gasteiger partial charge in [-0.1, -0.05) is 96.8 Å². The molecule has 1 rings (SSSR count). The quantitative estimate of drug-likeness (QED) is 0.203. The average Bonchev–Trinajstić information content (AvgIpc) is 2.81. The second-order valence-electron chi connectivity index (χ2n) is 8.50. The number of unbranched alkanes of at least 4 members (excludes halogenated alkanes) is 14. The van der Waals surface area contributed by atoms with Crippen LogP contribution in [0.3, 0.4) is 0 Å². The molecule has 0 aromatic heterocycles. The molecule has 2 N–H and O–H groups in total. The minimum absolute atomic E-state index is 0.149. The van der Waals surface area contributed by atoms with Gasteiger partial charge in [0.05, 0.1) is 19.8 Å². The number of aliphatic carboxylic acids is 1. The van der Waals surface area contributed by atoms with Crippen LogP contribution in [0.15, 0.2) is 18.2 Å². The van der Waals surface area contributed by atoms with Crippen molar-refractivity contribution in [2.45, 2.75) is 110 Å². The van der Waals surface area contributed by atoms with Gasteiger partial charge in [-0.15, -0.1) is 0 Å². The van der Waals surface area contributed by atoms with Crippen LogP contribution in [-0.2, 0) is 4.79 Å². The van der Waals surface area contributed by atoms with E-state index in [1.54, 1.807) is 6.07 Å². The second kappa shape index (κ2) is 21.6. The summed E-state index contributed by atoms with van der Waals surface area (Å²) in [6.45, 7) is 2.27. The van der Waals surface area contributed by atoms with E-state index in [4.69, 9.17) is 19.7 Å². The Balaban J connectivity index is 0.000000676. The van der Waals surface area contributed by atoms with Crippen LogP contribution in [0.1, 0.15) is 120 Å². The van der Waals surface area contributed by atoms with Crippen molar-refractivity contribution >= 4 is 11.9 Å². The zero-order valence-corrected chi connectivity index (χ0v) is 21.1. The number of carboxylic acids is 2. The maximum Gasteiger partial charge on any atom is 0.335 e. The topological polar surface area (TPSA) is 93.1 Å². The Morgan fingerprint density at radius 3 is 1.30 bits per heavy atom. The number of carbonyl (C=O) groups is 2. The van der Waals surface area contributed by atoms with Crippen LogP contribution in [0.2, 0.25) is 0 Å². The fraction of sp³-hybridized carbons (Fsp3) is 0.704. The van der Waals surface area contributed by atoms with Crippen molar-refractivity contribution in [1.82, 2.24) is 0 Å². The van der Waals surface area contributed by atoms with Crippen LogP contribution in [0, 0.1) is 0 Å². The summed E-state index contributed by atoms with van der Waals surface area (Å²) < 4.78 is 9.81. The summed E-state index contributed by atoms with van der Waals surface area (Å²) in [5, 5.41) is 17.2. The largest absolute Gasteiger partial charge is 0.497 e. The molecule has 0 amide bonds. The number of hydrogen-bond donors (Lipinski definition) is 2. The van der Waals surface area contributed by atoms with Gasteiger partial charge >= 0.3 is 11.9 Å². The molecule has 33 heavy (non-hydrogen) atoms. The van der Waals surface area contributed by atoms with Gasteiger partial charge in [-0.2, -0.15) is 0 Å². The van der Waals surface area contributed by atoms with Gasteiger partial charge in [0, 0.05) is 12.5 Å². The molecule has 0 aliphatic carbocycles. The lowest BCUT2D eigenvalue weighted by molar-refractivity contribution is -0.137. The number of benzene rings is 1. The molecule has 0 aliphatic heterocycles. The molecule has 0 unspecified atom stereocenters. The number of hydrogen-bond acceptors (Lipinski definition) is 4. The van der Waals surface area contributed by atoms with Gasteiger partial charge in [0.25, 0.3) is 0 Å². The molecule has 190 valence electrons. The van der Waals surface area contributed by atoms with E-state index in [2.05, 4.69) is 6.92 Å². The van der Waals surface area contributed by atoms with E-state index >= 15 is 0 Å². The Morgan fingerprint density at radius 1 is 0.636 bits per heavy atom. The zero-order valence-electron chi connectivity index (χ0n) is 21.1. The van der Waals surface area contributed by atoms with Crippen LogP contribution in [0.5, 0.6) is 11.5 Å². The smallest absolute Gasteiger partial charge is 0.335 e. The van der Waals surface area contributed by atoms with Crippen LogP contribution in [0.25, 0.3) is 0 Å². The number of ether oxygens (including phenoxy) is 2. The van der Waals surface area contributed by atoms with Crippen molar-refractivity contribution < 1.29 is 29.3 Å². The molecule has 0 saturated heterocycles. The molecule has 0 aliphatic rings. The first kappa shape index (κ1) is 30.8. The fourth-order valence-electron chi connectivity index (χ4n) is 3.58. The Morgan fingerprint density at radius 2 is 1.00 bits per heavy atom. The Hall–Kier alpha value is -2.24. The summed E-state index contributed by atoms with van der Waals surface area (Å²) in [5.74, 6) is -0.717. The van der Waals surface area contributed by atoms with E-state index in [9.17, 15) is 9.59 Å². The fourth-order valence-corrected chi connectivity index (χ4v) is 3.58. The van der Waals surface area contributed by atoms with Crippen molar-refractivity contribution in [2.75, 3.05) is 14.2 Å². The number of rotatable bonds is 19. The molecule has 0 saturated carbocycles. The molecule has 0 heterocycles. The summed E-state index contributed by atoms with van der Waals surface area (Å²) in [4.78, 5) is 21.0. The molecule has 0 fully saturated rings. The van der Waals surface area contributed by atoms with Crippen molar-refractivity contribution in [2.24, 2.45) is 0 Å². The lowest BCUT2D eigenvalue weighted by Crippen LogP contribution is -1.98. The van der Waals surface area contributed by atoms with Gasteiger partial charge < -0.3 is 19.7 Å². The predicted octanol–water partition coefficient (Wildman–Crippen LogP) is 7.73. The van der Waals surface area contributed by atoms with E-state index in [-0.39, 0.29) is 5.56 Å². The summed E-state index contributed by atoms with van der Waals surface area (Å²) in [6, 6.07) is 4.49. The third kappa shape index (κ3) is 19.0. The van der Waals surface area contributed by atoms with Gasteiger partial charge in [-0.3, -0.25) is 4.79 Å². The lowest BCUT2D eigenvalue weighted by atomic mass is 10.0. The first-order chi connectivity index (χ1) is 15.9. The molecule has 6 nitrogen and oxygen atoms in total. The SMILES string of the molecule is CCCCCCCCCCCCCCCCCC(=O)O.COc1cc(OC)cc(C(=O)O)c1. The van der Waals surface area contributed by atoms with E-state index in [1.165, 1.54) is 110 Å². The third-order valence-electron chi connectivity index (χ3n) is 5.59. The van der Waals surface area contributed by atoms with Crippen molar-refractivity contribution in [1.29, 1.82) is 0 Å². The molecule has 0 radical (unpaired) electrons. The van der Waals surface area contributed by atoms with Gasteiger partial charge in [0.1, 0.15) is 11.5 Å². The van der Waals surface area contributed by atoms with Gasteiger partial charge in [0.15, 0.2) is 0 Å². The van der Waals surface area contributed by atoms with Crippen molar-refractivity contribution in [3.63, 3.8) is 0 Å². The summed E-state index contributed by atoms with van der Waals surface area (Å²) in [7, 11) is 2.95. The van der Waals surface area contributed by atoms with E-state index in [1.807, 2.05) is 0 Å². The Kier molecular flexibility index (Phi) is 20.1. The van der Waals surface area contributed by atoms with Crippen molar-refractivity contribution in [3.05, 3.63) is 23.8 Å². The highest BCUT2D eigenvalue weighted by molar-refractivity contribution is 5.88. The molecular formula is C27H46O6. The number of aromatic carboxylic acids is 1. The highest BCUT2D eigenvalue weighted by Crippen LogP contribution is 2.22. The van der Waals surface area contributed by atoms with Crippen LogP contribution < -0.4 is 9.47 Å². The van der Waals surface area contributed by atoms with Crippen molar-refractivity contribution in [3.8, 4) is 11.5 Å². The predicted molar refractivity (Wildman–Crippen MR) is 134 cm³/mol. The summed E-state index contributed by atoms with van der Waals surface area (Å²) in [6.07, 6.45) is 20.2. The molecule has 6 heteroatoms. The second-order valence-corrected chi connectivity index (χ2v) is 8.50. The highest BCUT2D eigenvalue weighted by atomic mass is 16.5. The normalized spacial score (nSPS) is 10.3. The van der Waals surface area contributed by atoms with Gasteiger partial charge in [-0.25, -0.2) is 4.79 Å². The van der Waals surface area contributed by atoms with Crippen LogP contribution >= 0.6 is 0 Å². The van der Waals surface area contributed by atoms with E-state index < -0.39 is 11.9 Å². The van der Waals surface area contributed by atoms with E-state index in [0.717, 1.165) is 12.8 Å². The molecule has 1 aromatic carbocycles. The van der Waals surface area contributed by atoms with E-state index in [0.29, 0.717) is 17.9 Å². The van der Waals surface area contributed by atoms with Gasteiger partial charge in [0.2, 0.25) is 0 Å². The van der Waals surface area contributed by atoms with Gasteiger partial charge in [-0.05, 0) is 18.6 Å². The molecule has 1 aromatic rings. The molecular weight excluding hydrogens is 420 g/mol. The molecule has 0 spiro atoms. The number of carboxylic acid groups (broad SMARTS) is 2. The summed E-state index contributed by atoms with van der Waals surface area (Å²) >= 11 is 0. The molecule has 0 bridgehead atoms. The minimum atomic E-state index is -1.00. The molecule has 0 atom stereocenters. The standard InChI is InChI=1S/C18H36O2.C9H10O4/c1-2-3-4-5-6-7-8-9-10-11-12-13-14-15-16-17-18(19)20;1-12-7-3-6(9(10)11)4-8(5-7)13-2/h2-17H2,1H3,(H,19,20);3-5H,1-2H3,(H,10,11). The Labute approximate surface area is 200 Å². The van der Waals surface area contributed by atoms with Crippen LogP contribution in [0.4, 0.5) is 0 Å². The maximum atomic E-state index is 10.6. The van der Waals surface area contributed by atoms with Crippen LogP contribution in [-0.4, -0.2) is 36.4 Å². The minimum Gasteiger partial charge on any atom is -0.497 e. The first-order valence-electron chi connectivity index (χ1n) is 12.6. The number of methoxy groups -OCH3 is 2. The Bertz CT molecular complexity index is 607. The average molecular weight is 467 g/mol. The third-order valence-corrected chi connectivity index (χ3v) is 5.59. The first-order valence-corrected chi connectivity index (χ1v) is 12.6. The monoisotopic (exact) mass is 466 g/mol. The zero-order chi connectivity index (χ0) is 24.7. The maximum absolute atomic E-state index is 10.6. The summed E-state index contributed by atoms with van der Waals surface area (Å²) in [5.41, 5.74) is 0.149.